The van der Waals surface area contributed by atoms with Gasteiger partial charge in [0.2, 0.25) is 16.3 Å². The van der Waals surface area contributed by atoms with Crippen LogP contribution in [0.25, 0.3) is 0 Å². The van der Waals surface area contributed by atoms with Crippen LogP contribution in [-0.2, 0) is 61.5 Å². The Morgan fingerprint density at radius 2 is 1.72 bits per heavy atom. The predicted molar refractivity (Wildman–Crippen MR) is 101 cm³/mol. The zero-order valence-electron chi connectivity index (χ0n) is 21.3. The Hall–Kier alpha value is 1.63. The molecule has 9 atom stereocenters. The van der Waals surface area contributed by atoms with Crippen molar-refractivity contribution in [3.05, 3.63) is 6.61 Å². The first-order valence-electron chi connectivity index (χ1n) is 9.42. The summed E-state index contributed by atoms with van der Waals surface area (Å²) in [5.74, 6) is -0.603. The third-order valence-electron chi connectivity index (χ3n) is 4.45. The number of aliphatic hydroxyl groups excluding tert-OH is 3. The van der Waals surface area contributed by atoms with E-state index in [1.165, 1.54) is 7.11 Å². The van der Waals surface area contributed by atoms with Crippen LogP contribution in [0.5, 0.6) is 0 Å². The summed E-state index contributed by atoms with van der Waals surface area (Å²) in [4.78, 5) is 28.0. The summed E-state index contributed by atoms with van der Waals surface area (Å²) >= 11 is -0.0378. The molecule has 1 amide bonds. The zero-order chi connectivity index (χ0) is 27.5. The Balaban J connectivity index is -0.00000206. The average molecular weight is 637 g/mol. The number of hydrogen-bond acceptors (Lipinski definition) is 19. The van der Waals surface area contributed by atoms with Gasteiger partial charge in [-0.25, -0.2) is 8.42 Å². The summed E-state index contributed by atoms with van der Waals surface area (Å²) in [5.41, 5.74) is 0. The van der Waals surface area contributed by atoms with Crippen LogP contribution >= 0.6 is 12.3 Å². The van der Waals surface area contributed by atoms with Gasteiger partial charge < -0.3 is 49.4 Å². The van der Waals surface area contributed by atoms with Crippen LogP contribution in [0.1, 0.15) is 6.92 Å². The minimum absolute atomic E-state index is 0. The van der Waals surface area contributed by atoms with Crippen molar-refractivity contribution in [3.8, 4) is 0 Å². The number of amides is 1. The molecule has 2 saturated heterocycles. The van der Waals surface area contributed by atoms with Crippen molar-refractivity contribution in [1.29, 1.82) is 0 Å². The Labute approximate surface area is 292 Å². The van der Waals surface area contributed by atoms with Crippen molar-refractivity contribution in [1.82, 2.24) is 5.32 Å². The van der Waals surface area contributed by atoms with Gasteiger partial charge in [-0.3, -0.25) is 18.2 Å². The molecule has 3 unspecified atom stereocenters. The second-order valence-electron chi connectivity index (χ2n) is 6.76. The first-order chi connectivity index (χ1) is 16.9. The summed E-state index contributed by atoms with van der Waals surface area (Å²) < 4.78 is 67.6. The number of nitrogens with one attached hydrogen (secondary N) is 1. The van der Waals surface area contributed by atoms with Crippen molar-refractivity contribution in [3.63, 3.8) is 0 Å². The number of carbonyl (C=O) groups is 1. The molecule has 0 aromatic rings. The van der Waals surface area contributed by atoms with Crippen LogP contribution in [-0.4, -0.2) is 109 Å². The molecule has 210 valence electrons. The molecular formula is C15H22NNa3O18S2. The molecule has 19 nitrogen and oxygen atoms in total. The SMILES string of the molecule is CO[C@H]1OC(COS(=O)(=O)[O-])[C@H](OSOO[O-])[C@H](O[C@@H]2O[CH-][C@@H](O)[C@H](O)C2O)C1NC(C)=O.O=C=O.[Na+].[Na+].[Na+]. The Bertz CT molecular complexity index is 824. The van der Waals surface area contributed by atoms with E-state index < -0.39 is 78.2 Å². The van der Waals surface area contributed by atoms with Gasteiger partial charge in [0.25, 0.3) is 0 Å². The standard InChI is InChI=1S/C14H24NO16S2.CO2.3Na/c1-5(16)15-8-12(28-14-10(19)9(18)6(17)3-25-14)11(29-32-31-30-20)7(27-13(8)24-2)4-26-33(21,22)23;2-1-3;;;/h3,6-14,17-20H,4H2,1-2H3,(H,15,16)(H,21,22,23);;;;/q-1;;3*+1/p-2/t6-,7?,8?,9+,10?,11+,12-,13+,14+;;;;/m1..../s1. The van der Waals surface area contributed by atoms with Crippen LogP contribution in [0.3, 0.4) is 0 Å². The minimum atomic E-state index is -5.18. The Kier molecular flexibility index (Phi) is 26.7. The maximum Gasteiger partial charge on any atom is 1.00 e. The average Bonchev–Trinajstić information content (AvgIpc) is 2.80. The van der Waals surface area contributed by atoms with E-state index in [4.69, 9.17) is 32.7 Å². The normalized spacial score (nSPS) is 32.0. The number of ether oxygens (including phenoxy) is 4. The molecule has 24 heteroatoms. The molecule has 2 aliphatic heterocycles. The maximum absolute atomic E-state index is 11.8. The molecule has 0 aliphatic carbocycles. The second kappa shape index (κ2) is 23.1. The summed E-state index contributed by atoms with van der Waals surface area (Å²) in [6.45, 7) is 0.997. The van der Waals surface area contributed by atoms with E-state index in [0.717, 1.165) is 13.5 Å². The third-order valence-corrected chi connectivity index (χ3v) is 5.29. The molecule has 2 aliphatic rings. The zero-order valence-corrected chi connectivity index (χ0v) is 28.9. The summed E-state index contributed by atoms with van der Waals surface area (Å²) in [7, 11) is -4.01. The van der Waals surface area contributed by atoms with Crippen LogP contribution in [0.2, 0.25) is 0 Å². The molecule has 0 bridgehead atoms. The fourth-order valence-electron chi connectivity index (χ4n) is 3.08. The molecule has 0 saturated carbocycles. The first kappa shape index (κ1) is 45.1. The molecule has 2 rings (SSSR count). The van der Waals surface area contributed by atoms with Gasteiger partial charge in [-0.15, -0.1) is 4.33 Å². The minimum Gasteiger partial charge on any atom is -0.726 e. The van der Waals surface area contributed by atoms with Gasteiger partial charge in [-0.1, -0.05) is 0 Å². The smallest absolute Gasteiger partial charge is 0.726 e. The number of aliphatic hydroxyl groups is 3. The quantitative estimate of drug-likeness (QED) is 0.0239. The van der Waals surface area contributed by atoms with Gasteiger partial charge in [0.05, 0.1) is 12.7 Å². The summed E-state index contributed by atoms with van der Waals surface area (Å²) in [6, 6.07) is -1.23. The monoisotopic (exact) mass is 637 g/mol. The van der Waals surface area contributed by atoms with Crippen molar-refractivity contribution >= 4 is 34.8 Å². The number of methoxy groups -OCH3 is 1. The molecule has 39 heavy (non-hydrogen) atoms. The molecule has 0 aromatic carbocycles. The third kappa shape index (κ3) is 15.8. The fraction of sp³-hybridized carbons (Fsp3) is 0.800. The molecule has 0 aromatic heterocycles. The molecule has 2 heterocycles. The van der Waals surface area contributed by atoms with Crippen LogP contribution in [0.15, 0.2) is 0 Å². The first-order valence-corrected chi connectivity index (χ1v) is 11.4. The molecule has 0 radical (unpaired) electrons. The largest absolute Gasteiger partial charge is 1.00 e. The van der Waals surface area contributed by atoms with E-state index in [-0.39, 0.29) is 107 Å². The van der Waals surface area contributed by atoms with E-state index in [2.05, 4.69) is 18.9 Å². The predicted octanol–water partition coefficient (Wildman–Crippen LogP) is -14.1. The maximum atomic E-state index is 11.8. The summed E-state index contributed by atoms with van der Waals surface area (Å²) in [5, 5.41) is 45.4. The van der Waals surface area contributed by atoms with E-state index in [1.807, 2.05) is 0 Å². The van der Waals surface area contributed by atoms with E-state index in [1.54, 1.807) is 0 Å². The van der Waals surface area contributed by atoms with Gasteiger partial charge in [-0.05, 0) is 6.10 Å². The van der Waals surface area contributed by atoms with Crippen molar-refractivity contribution in [2.75, 3.05) is 13.7 Å². The van der Waals surface area contributed by atoms with Gasteiger partial charge in [0, 0.05) is 14.0 Å². The molecule has 2 fully saturated rings. The van der Waals surface area contributed by atoms with Crippen LogP contribution in [0.4, 0.5) is 0 Å². The van der Waals surface area contributed by atoms with Crippen LogP contribution in [0, 0.1) is 6.61 Å². The number of carbonyl (C=O) groups excluding carboxylic acids is 3. The Morgan fingerprint density at radius 3 is 2.21 bits per heavy atom. The van der Waals surface area contributed by atoms with E-state index >= 15 is 0 Å². The van der Waals surface area contributed by atoms with Crippen molar-refractivity contribution in [2.24, 2.45) is 0 Å². The van der Waals surface area contributed by atoms with E-state index in [9.17, 15) is 38.3 Å². The van der Waals surface area contributed by atoms with Gasteiger partial charge in [0.15, 0.2) is 24.9 Å². The number of hydrogen-bond donors (Lipinski definition) is 4. The topological polar surface area (TPSA) is 278 Å². The fourth-order valence-corrected chi connectivity index (χ4v) is 3.76. The molecular weight excluding hydrogens is 615 g/mol. The van der Waals surface area contributed by atoms with Crippen LogP contribution < -0.4 is 99.2 Å². The summed E-state index contributed by atoms with van der Waals surface area (Å²) in [6.07, 6.45) is -12.2. The Morgan fingerprint density at radius 1 is 1.13 bits per heavy atom. The van der Waals surface area contributed by atoms with Gasteiger partial charge in [0.1, 0.15) is 30.5 Å². The van der Waals surface area contributed by atoms with Gasteiger partial charge >= 0.3 is 94.8 Å². The second-order valence-corrected chi connectivity index (χ2v) is 8.28. The molecule has 0 spiro atoms. The van der Waals surface area contributed by atoms with E-state index in [0.29, 0.717) is 0 Å². The molecule has 4 N–H and O–H groups in total. The van der Waals surface area contributed by atoms with Gasteiger partial charge in [-0.2, -0.15) is 16.2 Å². The van der Waals surface area contributed by atoms with Crippen molar-refractivity contribution < 1.29 is 173 Å². The number of rotatable bonds is 11. The van der Waals surface area contributed by atoms with Crippen molar-refractivity contribution in [2.45, 2.75) is 62.2 Å².